The molecule has 2 aromatic carbocycles. The molecule has 0 aliphatic carbocycles. The third-order valence-corrected chi connectivity index (χ3v) is 7.26. The third kappa shape index (κ3) is 4.19. The SMILES string of the molecule is CCC(SC1=Nc2ccccc2C2=NC(=O)C(C(C)C)N12)C(=O)Nc1ccc(C)c(Cl)c1. The maximum Gasteiger partial charge on any atom is 0.271 e. The van der Waals surface area contributed by atoms with Crippen molar-refractivity contribution in [2.75, 3.05) is 5.32 Å². The zero-order chi connectivity index (χ0) is 23.0. The minimum absolute atomic E-state index is 0.0448. The van der Waals surface area contributed by atoms with Gasteiger partial charge in [0, 0.05) is 16.3 Å². The van der Waals surface area contributed by atoms with E-state index in [-0.39, 0.29) is 17.7 Å². The number of nitrogens with zero attached hydrogens (tertiary/aromatic N) is 3. The smallest absolute Gasteiger partial charge is 0.271 e. The van der Waals surface area contributed by atoms with Gasteiger partial charge in [-0.05, 0) is 49.1 Å². The quantitative estimate of drug-likeness (QED) is 0.636. The van der Waals surface area contributed by atoms with E-state index < -0.39 is 11.3 Å². The lowest BCUT2D eigenvalue weighted by atomic mass is 10.0. The molecule has 2 atom stereocenters. The molecule has 6 nitrogen and oxygen atoms in total. The number of carbonyl (C=O) groups excluding carboxylic acids is 2. The van der Waals surface area contributed by atoms with Gasteiger partial charge in [-0.15, -0.1) is 0 Å². The molecule has 0 saturated heterocycles. The first-order valence-corrected chi connectivity index (χ1v) is 11.9. The van der Waals surface area contributed by atoms with Crippen LogP contribution in [0, 0.1) is 12.8 Å². The molecule has 1 N–H and O–H groups in total. The normalized spacial score (nSPS) is 18.1. The highest BCUT2D eigenvalue weighted by Gasteiger charge is 2.44. The Morgan fingerprint density at radius 3 is 2.66 bits per heavy atom. The Morgan fingerprint density at radius 1 is 1.22 bits per heavy atom. The molecule has 8 heteroatoms. The summed E-state index contributed by atoms with van der Waals surface area (Å²) >= 11 is 7.57. The van der Waals surface area contributed by atoms with Crippen molar-refractivity contribution < 1.29 is 9.59 Å². The number of hydrogen-bond donors (Lipinski definition) is 1. The molecule has 32 heavy (non-hydrogen) atoms. The van der Waals surface area contributed by atoms with Crippen LogP contribution in [0.15, 0.2) is 52.4 Å². The number of amides is 2. The molecule has 2 aliphatic rings. The van der Waals surface area contributed by atoms with E-state index in [0.29, 0.717) is 28.1 Å². The number of aryl methyl sites for hydroxylation is 1. The third-order valence-electron chi connectivity index (χ3n) is 5.52. The van der Waals surface area contributed by atoms with Crippen LogP contribution >= 0.6 is 23.4 Å². The number of nitrogens with one attached hydrogen (secondary N) is 1. The van der Waals surface area contributed by atoms with Crippen LogP contribution in [-0.4, -0.2) is 39.0 Å². The molecule has 0 fully saturated rings. The van der Waals surface area contributed by atoms with E-state index in [2.05, 4.69) is 10.3 Å². The molecule has 0 spiro atoms. The summed E-state index contributed by atoms with van der Waals surface area (Å²) in [6.45, 7) is 7.87. The standard InChI is InChI=1S/C24H25ClN4O2S/c1-5-19(22(30)26-15-11-10-14(4)17(25)12-15)32-24-27-18-9-7-6-8-16(18)21-28-23(31)20(13(2)3)29(21)24/h6-13,19-20H,5H2,1-4H3,(H,26,30). The number of aliphatic imine (C=N–C) groups is 2. The first-order valence-electron chi connectivity index (χ1n) is 10.6. The summed E-state index contributed by atoms with van der Waals surface area (Å²) in [4.78, 5) is 36.9. The van der Waals surface area contributed by atoms with E-state index in [0.717, 1.165) is 16.8 Å². The molecule has 2 aromatic rings. The number of anilines is 1. The fourth-order valence-corrected chi connectivity index (χ4v) is 5.02. The molecule has 0 radical (unpaired) electrons. The molecule has 0 saturated carbocycles. The zero-order valence-corrected chi connectivity index (χ0v) is 20.0. The van der Waals surface area contributed by atoms with E-state index in [4.69, 9.17) is 16.6 Å². The zero-order valence-electron chi connectivity index (χ0n) is 18.4. The van der Waals surface area contributed by atoms with Gasteiger partial charge in [0.15, 0.2) is 5.17 Å². The predicted molar refractivity (Wildman–Crippen MR) is 132 cm³/mol. The van der Waals surface area contributed by atoms with Crippen molar-refractivity contribution in [3.8, 4) is 0 Å². The second kappa shape index (κ2) is 9.08. The molecule has 2 heterocycles. The van der Waals surface area contributed by atoms with Crippen LogP contribution in [0.1, 0.15) is 38.3 Å². The monoisotopic (exact) mass is 468 g/mol. The Balaban J connectivity index is 1.64. The van der Waals surface area contributed by atoms with Gasteiger partial charge in [-0.1, -0.05) is 62.3 Å². The molecule has 2 amide bonds. The van der Waals surface area contributed by atoms with Crippen molar-refractivity contribution in [1.82, 2.24) is 4.90 Å². The Morgan fingerprint density at radius 2 is 1.97 bits per heavy atom. The van der Waals surface area contributed by atoms with Gasteiger partial charge < -0.3 is 5.32 Å². The second-order valence-corrected chi connectivity index (χ2v) is 9.79. The highest BCUT2D eigenvalue weighted by atomic mass is 35.5. The van der Waals surface area contributed by atoms with Crippen LogP contribution in [0.2, 0.25) is 5.02 Å². The Kier molecular flexibility index (Phi) is 6.40. The largest absolute Gasteiger partial charge is 0.325 e. The number of carbonyl (C=O) groups is 2. The minimum Gasteiger partial charge on any atom is -0.325 e. The molecule has 166 valence electrons. The number of para-hydroxylation sites is 1. The molecular weight excluding hydrogens is 444 g/mol. The fraction of sp³-hybridized carbons (Fsp3) is 0.333. The van der Waals surface area contributed by atoms with Crippen LogP contribution < -0.4 is 5.32 Å². The van der Waals surface area contributed by atoms with Gasteiger partial charge >= 0.3 is 0 Å². The van der Waals surface area contributed by atoms with Crippen LogP contribution in [0.4, 0.5) is 11.4 Å². The molecule has 2 aliphatic heterocycles. The van der Waals surface area contributed by atoms with Crippen molar-refractivity contribution in [2.24, 2.45) is 15.9 Å². The number of hydrogen-bond acceptors (Lipinski definition) is 5. The van der Waals surface area contributed by atoms with Crippen LogP contribution in [0.25, 0.3) is 0 Å². The summed E-state index contributed by atoms with van der Waals surface area (Å²) in [7, 11) is 0. The van der Waals surface area contributed by atoms with E-state index in [9.17, 15) is 9.59 Å². The Hall–Kier alpha value is -2.64. The van der Waals surface area contributed by atoms with Crippen LogP contribution in [0.5, 0.6) is 0 Å². The lowest BCUT2D eigenvalue weighted by molar-refractivity contribution is -0.120. The van der Waals surface area contributed by atoms with Crippen molar-refractivity contribution in [2.45, 2.75) is 45.4 Å². The average molecular weight is 469 g/mol. The van der Waals surface area contributed by atoms with Gasteiger partial charge in [-0.2, -0.15) is 4.99 Å². The van der Waals surface area contributed by atoms with E-state index >= 15 is 0 Å². The van der Waals surface area contributed by atoms with Crippen LogP contribution in [-0.2, 0) is 9.59 Å². The molecule has 0 aromatic heterocycles. The highest BCUT2D eigenvalue weighted by Crippen LogP contribution is 2.37. The summed E-state index contributed by atoms with van der Waals surface area (Å²) in [5, 5.41) is 3.78. The van der Waals surface area contributed by atoms with Gasteiger partial charge in [0.05, 0.1) is 10.9 Å². The number of thioether (sulfide) groups is 1. The average Bonchev–Trinajstić information content (AvgIpc) is 3.12. The van der Waals surface area contributed by atoms with Gasteiger partial charge in [0.25, 0.3) is 5.91 Å². The summed E-state index contributed by atoms with van der Waals surface area (Å²) in [5.74, 6) is 0.349. The van der Waals surface area contributed by atoms with Gasteiger partial charge in [0.2, 0.25) is 5.91 Å². The van der Waals surface area contributed by atoms with Gasteiger partial charge in [0.1, 0.15) is 11.9 Å². The molecule has 2 unspecified atom stereocenters. The lowest BCUT2D eigenvalue weighted by Crippen LogP contribution is -2.47. The maximum absolute atomic E-state index is 13.1. The summed E-state index contributed by atoms with van der Waals surface area (Å²) in [6, 6.07) is 12.7. The number of halogens is 1. The lowest BCUT2D eigenvalue weighted by Gasteiger charge is -2.33. The molecular formula is C24H25ClN4O2S. The number of amidine groups is 2. The van der Waals surface area contributed by atoms with Crippen molar-refractivity contribution in [3.05, 3.63) is 58.6 Å². The number of rotatable bonds is 5. The summed E-state index contributed by atoms with van der Waals surface area (Å²) < 4.78 is 0. The minimum atomic E-state index is -0.430. The van der Waals surface area contributed by atoms with E-state index in [1.165, 1.54) is 11.8 Å². The first kappa shape index (κ1) is 22.6. The molecule has 4 rings (SSSR count). The van der Waals surface area contributed by atoms with Crippen molar-refractivity contribution in [1.29, 1.82) is 0 Å². The Bertz CT molecular complexity index is 1140. The van der Waals surface area contributed by atoms with Crippen LogP contribution in [0.3, 0.4) is 0 Å². The first-order chi connectivity index (χ1) is 15.3. The fourth-order valence-electron chi connectivity index (χ4n) is 3.79. The van der Waals surface area contributed by atoms with E-state index in [1.54, 1.807) is 6.07 Å². The molecule has 0 bridgehead atoms. The van der Waals surface area contributed by atoms with Crippen molar-refractivity contribution >= 4 is 57.6 Å². The Labute approximate surface area is 197 Å². The second-order valence-electron chi connectivity index (χ2n) is 8.21. The predicted octanol–water partition coefficient (Wildman–Crippen LogP) is 5.41. The topological polar surface area (TPSA) is 74.1 Å². The number of benzene rings is 2. The summed E-state index contributed by atoms with van der Waals surface area (Å²) in [6.07, 6.45) is 0.595. The highest BCUT2D eigenvalue weighted by molar-refractivity contribution is 8.15. The maximum atomic E-state index is 13.1. The summed E-state index contributed by atoms with van der Waals surface area (Å²) in [5.41, 5.74) is 3.19. The van der Waals surface area contributed by atoms with E-state index in [1.807, 2.05) is 69.0 Å². The van der Waals surface area contributed by atoms with Gasteiger partial charge in [-0.25, -0.2) is 4.99 Å². The van der Waals surface area contributed by atoms with Gasteiger partial charge in [-0.3, -0.25) is 14.5 Å². The van der Waals surface area contributed by atoms with Crippen molar-refractivity contribution in [3.63, 3.8) is 0 Å². The number of fused-ring (bicyclic) bond motifs is 3.